The average Bonchev–Trinajstić information content (AvgIpc) is 1.98. The van der Waals surface area contributed by atoms with Crippen LogP contribution in [-0.2, 0) is 4.74 Å². The van der Waals surface area contributed by atoms with Crippen molar-refractivity contribution in [2.75, 3.05) is 13.1 Å². The summed E-state index contributed by atoms with van der Waals surface area (Å²) in [5, 5.41) is 3.25. The molecule has 0 radical (unpaired) electrons. The van der Waals surface area contributed by atoms with Crippen LogP contribution < -0.4 is 5.32 Å². The lowest BCUT2D eigenvalue weighted by molar-refractivity contribution is -0.0414. The molecule has 0 aliphatic heterocycles. The van der Waals surface area contributed by atoms with E-state index in [2.05, 4.69) is 18.8 Å². The second-order valence-corrected chi connectivity index (χ2v) is 3.45. The Morgan fingerprint density at radius 1 is 1.67 bits per heavy atom. The first-order valence-corrected chi connectivity index (χ1v) is 4.80. The Morgan fingerprint density at radius 2 is 2.42 bits per heavy atom. The average molecular weight is 169 g/mol. The fourth-order valence-electron chi connectivity index (χ4n) is 1.27. The van der Waals surface area contributed by atoms with Gasteiger partial charge in [0.15, 0.2) is 0 Å². The molecule has 0 spiro atoms. The van der Waals surface area contributed by atoms with Crippen molar-refractivity contribution in [3.63, 3.8) is 0 Å². The largest absolute Gasteiger partial charge is 0.374 e. The molecule has 0 heterocycles. The molecule has 0 aromatic heterocycles. The number of ether oxygens (including phenoxy) is 1. The van der Waals surface area contributed by atoms with Crippen LogP contribution in [0.5, 0.6) is 0 Å². The Morgan fingerprint density at radius 3 is 2.92 bits per heavy atom. The first-order chi connectivity index (χ1) is 5.83. The van der Waals surface area contributed by atoms with Crippen LogP contribution in [0.4, 0.5) is 0 Å². The van der Waals surface area contributed by atoms with Crippen molar-refractivity contribution in [2.45, 2.75) is 38.4 Å². The molecule has 2 heteroatoms. The van der Waals surface area contributed by atoms with Gasteiger partial charge in [0.25, 0.3) is 0 Å². The summed E-state index contributed by atoms with van der Waals surface area (Å²) in [5.74, 6) is 0. The SMILES string of the molecule is C=CCNCC(C)OC1CCC1. The quantitative estimate of drug-likeness (QED) is 0.483. The fraction of sp³-hybridized carbons (Fsp3) is 0.800. The molecule has 1 rings (SSSR count). The van der Waals surface area contributed by atoms with Gasteiger partial charge < -0.3 is 10.1 Å². The monoisotopic (exact) mass is 169 g/mol. The van der Waals surface area contributed by atoms with Crippen molar-refractivity contribution in [3.05, 3.63) is 12.7 Å². The summed E-state index contributed by atoms with van der Waals surface area (Å²) in [6.07, 6.45) is 6.62. The Kier molecular flexibility index (Phi) is 4.33. The van der Waals surface area contributed by atoms with Crippen LogP contribution in [0.1, 0.15) is 26.2 Å². The van der Waals surface area contributed by atoms with E-state index < -0.39 is 0 Å². The molecule has 1 aliphatic rings. The van der Waals surface area contributed by atoms with Crippen molar-refractivity contribution in [1.82, 2.24) is 5.32 Å². The topological polar surface area (TPSA) is 21.3 Å². The summed E-state index contributed by atoms with van der Waals surface area (Å²) in [6.45, 7) is 7.57. The normalized spacial score (nSPS) is 20.1. The first-order valence-electron chi connectivity index (χ1n) is 4.80. The predicted molar refractivity (Wildman–Crippen MR) is 51.3 cm³/mol. The van der Waals surface area contributed by atoms with Gasteiger partial charge in [-0.15, -0.1) is 6.58 Å². The van der Waals surface area contributed by atoms with E-state index in [4.69, 9.17) is 4.74 Å². The third kappa shape index (κ3) is 3.37. The third-order valence-electron chi connectivity index (χ3n) is 2.20. The van der Waals surface area contributed by atoms with Gasteiger partial charge in [-0.3, -0.25) is 0 Å². The van der Waals surface area contributed by atoms with Crippen molar-refractivity contribution in [2.24, 2.45) is 0 Å². The smallest absolute Gasteiger partial charge is 0.0675 e. The lowest BCUT2D eigenvalue weighted by Crippen LogP contribution is -2.33. The van der Waals surface area contributed by atoms with E-state index in [1.54, 1.807) is 0 Å². The minimum absolute atomic E-state index is 0.343. The third-order valence-corrected chi connectivity index (χ3v) is 2.20. The van der Waals surface area contributed by atoms with E-state index in [-0.39, 0.29) is 0 Å². The molecule has 0 amide bonds. The van der Waals surface area contributed by atoms with Crippen LogP contribution in [0.25, 0.3) is 0 Å². The maximum Gasteiger partial charge on any atom is 0.0675 e. The molecule has 1 N–H and O–H groups in total. The van der Waals surface area contributed by atoms with Crippen molar-refractivity contribution in [3.8, 4) is 0 Å². The first kappa shape index (κ1) is 9.75. The minimum Gasteiger partial charge on any atom is -0.374 e. The van der Waals surface area contributed by atoms with E-state index in [0.29, 0.717) is 12.2 Å². The highest BCUT2D eigenvalue weighted by Gasteiger charge is 2.19. The summed E-state index contributed by atoms with van der Waals surface area (Å²) in [7, 11) is 0. The highest BCUT2D eigenvalue weighted by Crippen LogP contribution is 2.22. The van der Waals surface area contributed by atoms with Crippen molar-refractivity contribution in [1.29, 1.82) is 0 Å². The zero-order valence-electron chi connectivity index (χ0n) is 7.88. The fourth-order valence-corrected chi connectivity index (χ4v) is 1.27. The van der Waals surface area contributed by atoms with Gasteiger partial charge in [-0.05, 0) is 26.2 Å². The number of hydrogen-bond acceptors (Lipinski definition) is 2. The Labute approximate surface area is 75.0 Å². The highest BCUT2D eigenvalue weighted by molar-refractivity contribution is 4.73. The molecule has 0 aromatic rings. The van der Waals surface area contributed by atoms with E-state index in [0.717, 1.165) is 13.1 Å². The van der Waals surface area contributed by atoms with E-state index in [1.165, 1.54) is 19.3 Å². The second-order valence-electron chi connectivity index (χ2n) is 3.45. The van der Waals surface area contributed by atoms with E-state index >= 15 is 0 Å². The number of nitrogens with one attached hydrogen (secondary N) is 1. The molecule has 0 bridgehead atoms. The predicted octanol–water partition coefficient (Wildman–Crippen LogP) is 1.72. The van der Waals surface area contributed by atoms with Gasteiger partial charge in [0, 0.05) is 13.1 Å². The summed E-state index contributed by atoms with van der Waals surface area (Å²) >= 11 is 0. The molecule has 0 aromatic carbocycles. The van der Waals surface area contributed by atoms with Gasteiger partial charge in [0.1, 0.15) is 0 Å². The molecule has 0 saturated heterocycles. The van der Waals surface area contributed by atoms with Crippen LogP contribution >= 0.6 is 0 Å². The Bertz CT molecular complexity index is 132. The lowest BCUT2D eigenvalue weighted by atomic mass is 9.96. The second kappa shape index (κ2) is 5.33. The van der Waals surface area contributed by atoms with Gasteiger partial charge in [0.05, 0.1) is 12.2 Å². The molecule has 1 fully saturated rings. The molecule has 1 atom stereocenters. The maximum absolute atomic E-state index is 5.74. The maximum atomic E-state index is 5.74. The van der Waals surface area contributed by atoms with Crippen molar-refractivity contribution < 1.29 is 4.74 Å². The summed E-state index contributed by atoms with van der Waals surface area (Å²) in [6, 6.07) is 0. The van der Waals surface area contributed by atoms with Gasteiger partial charge >= 0.3 is 0 Å². The van der Waals surface area contributed by atoms with Crippen LogP contribution in [0.2, 0.25) is 0 Å². The highest BCUT2D eigenvalue weighted by atomic mass is 16.5. The molecule has 1 aliphatic carbocycles. The lowest BCUT2D eigenvalue weighted by Gasteiger charge is -2.29. The minimum atomic E-state index is 0.343. The van der Waals surface area contributed by atoms with Crippen LogP contribution in [-0.4, -0.2) is 25.3 Å². The van der Waals surface area contributed by atoms with Crippen molar-refractivity contribution >= 4 is 0 Å². The zero-order chi connectivity index (χ0) is 8.81. The summed E-state index contributed by atoms with van der Waals surface area (Å²) in [5.41, 5.74) is 0. The van der Waals surface area contributed by atoms with Gasteiger partial charge in [-0.2, -0.15) is 0 Å². The Hall–Kier alpha value is -0.340. The molecule has 1 saturated carbocycles. The molecular weight excluding hydrogens is 150 g/mol. The van der Waals surface area contributed by atoms with Crippen LogP contribution in [0.3, 0.4) is 0 Å². The molecule has 2 nitrogen and oxygen atoms in total. The van der Waals surface area contributed by atoms with E-state index in [9.17, 15) is 0 Å². The van der Waals surface area contributed by atoms with Crippen LogP contribution in [0, 0.1) is 0 Å². The van der Waals surface area contributed by atoms with Gasteiger partial charge in [-0.25, -0.2) is 0 Å². The van der Waals surface area contributed by atoms with E-state index in [1.807, 2.05) is 6.08 Å². The van der Waals surface area contributed by atoms with Gasteiger partial charge in [0.2, 0.25) is 0 Å². The van der Waals surface area contributed by atoms with Gasteiger partial charge in [-0.1, -0.05) is 6.08 Å². The molecule has 1 unspecified atom stereocenters. The molecule has 12 heavy (non-hydrogen) atoms. The summed E-state index contributed by atoms with van der Waals surface area (Å²) in [4.78, 5) is 0. The van der Waals surface area contributed by atoms with Crippen LogP contribution in [0.15, 0.2) is 12.7 Å². The Balaban J connectivity index is 1.94. The summed E-state index contributed by atoms with van der Waals surface area (Å²) < 4.78 is 5.74. The standard InChI is InChI=1S/C10H19NO/c1-3-7-11-8-9(2)12-10-5-4-6-10/h3,9-11H,1,4-8H2,2H3. The molecular formula is C10H19NO. The number of rotatable bonds is 6. The zero-order valence-corrected chi connectivity index (χ0v) is 7.88. The number of hydrogen-bond donors (Lipinski definition) is 1. The molecule has 70 valence electrons.